The van der Waals surface area contributed by atoms with Crippen LogP contribution in [0.15, 0.2) is 12.2 Å². The quantitative estimate of drug-likeness (QED) is 0.618. The van der Waals surface area contributed by atoms with Gasteiger partial charge in [-0.2, -0.15) is 0 Å². The molecule has 96 valence electrons. The first-order valence-electron chi connectivity index (χ1n) is 6.01. The van der Waals surface area contributed by atoms with Crippen LogP contribution in [0, 0.1) is 0 Å². The lowest BCUT2D eigenvalue weighted by atomic mass is 10.1. The van der Waals surface area contributed by atoms with Gasteiger partial charge >= 0.3 is 12.0 Å². The summed E-state index contributed by atoms with van der Waals surface area (Å²) >= 11 is 0. The number of hydrogen-bond acceptors (Lipinski definition) is 2. The maximum absolute atomic E-state index is 11.5. The molecule has 0 bridgehead atoms. The van der Waals surface area contributed by atoms with Crippen molar-refractivity contribution in [2.75, 3.05) is 0 Å². The number of carboxylic acids is 1. The molecule has 5 nitrogen and oxygen atoms in total. The molecule has 0 spiro atoms. The Balaban J connectivity index is 2.10. The van der Waals surface area contributed by atoms with Gasteiger partial charge in [0.25, 0.3) is 0 Å². The average molecular weight is 240 g/mol. The van der Waals surface area contributed by atoms with Gasteiger partial charge in [0, 0.05) is 18.5 Å². The van der Waals surface area contributed by atoms with Gasteiger partial charge in [0.15, 0.2) is 0 Å². The minimum absolute atomic E-state index is 0.00344. The fourth-order valence-electron chi connectivity index (χ4n) is 1.82. The molecule has 3 N–H and O–H groups in total. The molecular weight excluding hydrogens is 220 g/mol. The molecule has 0 aromatic rings. The van der Waals surface area contributed by atoms with Gasteiger partial charge in [-0.15, -0.1) is 0 Å². The Hall–Kier alpha value is -1.52. The topological polar surface area (TPSA) is 78.4 Å². The molecule has 2 amide bonds. The van der Waals surface area contributed by atoms with Crippen molar-refractivity contribution in [2.45, 2.75) is 51.1 Å². The standard InChI is InChI=1S/C12H20N2O3/c1-9(5-4-8-11(15)16)13-12(17)14-10-6-2-3-7-10/h2-3,9-10H,4-8H2,1H3,(H,15,16)(H2,13,14,17). The maximum Gasteiger partial charge on any atom is 0.315 e. The van der Waals surface area contributed by atoms with Crippen molar-refractivity contribution in [1.29, 1.82) is 0 Å². The van der Waals surface area contributed by atoms with Crippen molar-refractivity contribution >= 4 is 12.0 Å². The zero-order chi connectivity index (χ0) is 12.7. The summed E-state index contributed by atoms with van der Waals surface area (Å²) in [6.45, 7) is 1.88. The molecule has 1 aliphatic rings. The Bertz CT molecular complexity index is 294. The van der Waals surface area contributed by atoms with E-state index >= 15 is 0 Å². The first-order valence-corrected chi connectivity index (χ1v) is 6.01. The Morgan fingerprint density at radius 2 is 2.06 bits per heavy atom. The van der Waals surface area contributed by atoms with Gasteiger partial charge < -0.3 is 15.7 Å². The number of aliphatic carboxylic acids is 1. The predicted molar refractivity (Wildman–Crippen MR) is 64.8 cm³/mol. The fraction of sp³-hybridized carbons (Fsp3) is 0.667. The van der Waals surface area contributed by atoms with E-state index in [1.54, 1.807) is 0 Å². The Morgan fingerprint density at radius 1 is 1.41 bits per heavy atom. The van der Waals surface area contributed by atoms with Gasteiger partial charge in [-0.1, -0.05) is 12.2 Å². The lowest BCUT2D eigenvalue weighted by Gasteiger charge is -2.17. The van der Waals surface area contributed by atoms with Crippen LogP contribution in [0.2, 0.25) is 0 Å². The molecule has 1 unspecified atom stereocenters. The molecule has 0 saturated heterocycles. The van der Waals surface area contributed by atoms with E-state index in [0.717, 1.165) is 12.8 Å². The normalized spacial score (nSPS) is 16.8. The first-order chi connectivity index (χ1) is 8.08. The highest BCUT2D eigenvalue weighted by molar-refractivity contribution is 5.74. The highest BCUT2D eigenvalue weighted by Gasteiger charge is 2.14. The van der Waals surface area contributed by atoms with Crippen molar-refractivity contribution in [3.63, 3.8) is 0 Å². The summed E-state index contributed by atoms with van der Waals surface area (Å²) in [5.41, 5.74) is 0. The molecule has 0 aliphatic heterocycles. The number of urea groups is 1. The van der Waals surface area contributed by atoms with E-state index in [9.17, 15) is 9.59 Å². The second kappa shape index (κ2) is 6.93. The monoisotopic (exact) mass is 240 g/mol. The maximum atomic E-state index is 11.5. The Kier molecular flexibility index (Phi) is 5.52. The fourth-order valence-corrected chi connectivity index (χ4v) is 1.82. The first kappa shape index (κ1) is 13.5. The third kappa shape index (κ3) is 5.94. The highest BCUT2D eigenvalue weighted by Crippen LogP contribution is 2.08. The zero-order valence-corrected chi connectivity index (χ0v) is 10.1. The molecular formula is C12H20N2O3. The van der Waals surface area contributed by atoms with Crippen molar-refractivity contribution in [3.05, 3.63) is 12.2 Å². The van der Waals surface area contributed by atoms with E-state index in [-0.39, 0.29) is 24.5 Å². The Labute approximate surface area is 101 Å². The van der Waals surface area contributed by atoms with Crippen LogP contribution in [0.1, 0.15) is 39.0 Å². The summed E-state index contributed by atoms with van der Waals surface area (Å²) in [5, 5.41) is 14.2. The Morgan fingerprint density at radius 3 is 2.65 bits per heavy atom. The minimum Gasteiger partial charge on any atom is -0.481 e. The molecule has 1 aliphatic carbocycles. The average Bonchev–Trinajstić information content (AvgIpc) is 2.69. The number of hydrogen-bond donors (Lipinski definition) is 3. The molecule has 0 heterocycles. The van der Waals surface area contributed by atoms with Gasteiger partial charge in [-0.3, -0.25) is 4.79 Å². The summed E-state index contributed by atoms with van der Waals surface area (Å²) in [6.07, 6.45) is 7.31. The molecule has 1 rings (SSSR count). The SMILES string of the molecule is CC(CCCC(=O)O)NC(=O)NC1CC=CC1. The van der Waals surface area contributed by atoms with Gasteiger partial charge in [0.05, 0.1) is 0 Å². The zero-order valence-electron chi connectivity index (χ0n) is 10.1. The third-order valence-corrected chi connectivity index (χ3v) is 2.75. The molecule has 5 heteroatoms. The summed E-state index contributed by atoms with van der Waals surface area (Å²) in [6, 6.07) is 0.0476. The number of carbonyl (C=O) groups is 2. The van der Waals surface area contributed by atoms with E-state index in [2.05, 4.69) is 22.8 Å². The molecule has 0 fully saturated rings. The third-order valence-electron chi connectivity index (χ3n) is 2.75. The van der Waals surface area contributed by atoms with Crippen LogP contribution in [-0.2, 0) is 4.79 Å². The number of carbonyl (C=O) groups excluding carboxylic acids is 1. The van der Waals surface area contributed by atoms with E-state index < -0.39 is 5.97 Å². The second-order valence-electron chi connectivity index (χ2n) is 4.44. The van der Waals surface area contributed by atoms with Gasteiger partial charge in [0.1, 0.15) is 0 Å². The van der Waals surface area contributed by atoms with E-state index in [1.807, 2.05) is 6.92 Å². The van der Waals surface area contributed by atoms with Gasteiger partial charge in [0.2, 0.25) is 0 Å². The van der Waals surface area contributed by atoms with Crippen LogP contribution in [0.25, 0.3) is 0 Å². The van der Waals surface area contributed by atoms with Crippen molar-refractivity contribution in [1.82, 2.24) is 10.6 Å². The summed E-state index contributed by atoms with van der Waals surface area (Å²) in [5.74, 6) is -0.793. The number of carboxylic acid groups (broad SMARTS) is 1. The highest BCUT2D eigenvalue weighted by atomic mass is 16.4. The molecule has 0 radical (unpaired) electrons. The lowest BCUT2D eigenvalue weighted by Crippen LogP contribution is -2.44. The van der Waals surface area contributed by atoms with Crippen LogP contribution in [0.5, 0.6) is 0 Å². The van der Waals surface area contributed by atoms with Crippen molar-refractivity contribution in [3.8, 4) is 0 Å². The largest absolute Gasteiger partial charge is 0.481 e. The van der Waals surface area contributed by atoms with Gasteiger partial charge in [-0.05, 0) is 32.6 Å². The van der Waals surface area contributed by atoms with Crippen LogP contribution in [0.4, 0.5) is 4.79 Å². The van der Waals surface area contributed by atoms with E-state index in [1.165, 1.54) is 0 Å². The van der Waals surface area contributed by atoms with Crippen LogP contribution in [0.3, 0.4) is 0 Å². The van der Waals surface area contributed by atoms with Crippen LogP contribution in [-0.4, -0.2) is 29.2 Å². The predicted octanol–water partition coefficient (Wildman–Crippen LogP) is 1.65. The smallest absolute Gasteiger partial charge is 0.315 e. The number of amides is 2. The van der Waals surface area contributed by atoms with Crippen LogP contribution < -0.4 is 10.6 Å². The molecule has 0 saturated carbocycles. The minimum atomic E-state index is -0.793. The van der Waals surface area contributed by atoms with Crippen LogP contribution >= 0.6 is 0 Å². The summed E-state index contributed by atoms with van der Waals surface area (Å²) in [4.78, 5) is 21.9. The summed E-state index contributed by atoms with van der Waals surface area (Å²) < 4.78 is 0. The second-order valence-corrected chi connectivity index (χ2v) is 4.44. The number of nitrogens with one attached hydrogen (secondary N) is 2. The lowest BCUT2D eigenvalue weighted by molar-refractivity contribution is -0.137. The van der Waals surface area contributed by atoms with E-state index in [4.69, 9.17) is 5.11 Å². The van der Waals surface area contributed by atoms with E-state index in [0.29, 0.717) is 12.8 Å². The molecule has 0 aromatic heterocycles. The van der Waals surface area contributed by atoms with Crippen molar-refractivity contribution < 1.29 is 14.7 Å². The van der Waals surface area contributed by atoms with Crippen molar-refractivity contribution in [2.24, 2.45) is 0 Å². The molecule has 0 aromatic carbocycles. The molecule has 1 atom stereocenters. The summed E-state index contributed by atoms with van der Waals surface area (Å²) in [7, 11) is 0. The van der Waals surface area contributed by atoms with Gasteiger partial charge in [-0.25, -0.2) is 4.79 Å². The number of rotatable bonds is 6. The molecule has 17 heavy (non-hydrogen) atoms.